The van der Waals surface area contributed by atoms with Crippen LogP contribution in [0.25, 0.3) is 22.6 Å². The minimum absolute atomic E-state index is 0.0100. The number of hydrogen-bond acceptors (Lipinski definition) is 5. The van der Waals surface area contributed by atoms with Crippen LogP contribution in [0.5, 0.6) is 0 Å². The molecule has 156 valence electrons. The van der Waals surface area contributed by atoms with Gasteiger partial charge < -0.3 is 14.4 Å². The van der Waals surface area contributed by atoms with Crippen molar-refractivity contribution in [1.82, 2.24) is 14.9 Å². The molecule has 2 aromatic heterocycles. The second kappa shape index (κ2) is 8.13. The molecule has 0 spiro atoms. The summed E-state index contributed by atoms with van der Waals surface area (Å²) in [7, 11) is 1.30. The maximum atomic E-state index is 14.4. The van der Waals surface area contributed by atoms with Crippen molar-refractivity contribution in [2.24, 2.45) is 0 Å². The van der Waals surface area contributed by atoms with E-state index >= 15 is 0 Å². The van der Waals surface area contributed by atoms with Crippen molar-refractivity contribution in [3.05, 3.63) is 46.5 Å². The average molecular weight is 435 g/mol. The van der Waals surface area contributed by atoms with Gasteiger partial charge in [-0.3, -0.25) is 4.68 Å². The maximum absolute atomic E-state index is 14.4. The Morgan fingerprint density at radius 2 is 2.14 bits per heavy atom. The topological polar surface area (TPSA) is 73.3 Å². The number of methoxy groups -OCH3 is 1. The highest BCUT2D eigenvalue weighted by Crippen LogP contribution is 2.42. The molecule has 1 atom stereocenters. The van der Waals surface area contributed by atoms with Crippen molar-refractivity contribution >= 4 is 11.6 Å². The van der Waals surface area contributed by atoms with Gasteiger partial charge in [-0.05, 0) is 19.1 Å². The lowest BCUT2D eigenvalue weighted by molar-refractivity contribution is -0.144. The number of alkyl halides is 3. The fourth-order valence-corrected chi connectivity index (χ4v) is 3.16. The summed E-state index contributed by atoms with van der Waals surface area (Å²) in [6, 6.07) is 3.90. The van der Waals surface area contributed by atoms with E-state index < -0.39 is 35.9 Å². The molecule has 0 radical (unpaired) electrons. The minimum atomic E-state index is -4.90. The van der Waals surface area contributed by atoms with Crippen LogP contribution in [-0.2, 0) is 24.1 Å². The number of aromatic nitrogens is 3. The third-order valence-corrected chi connectivity index (χ3v) is 4.32. The normalized spacial score (nSPS) is 14.7. The first-order valence-corrected chi connectivity index (χ1v) is 8.59. The van der Waals surface area contributed by atoms with Gasteiger partial charge in [0.15, 0.2) is 11.5 Å². The molecule has 0 amide bonds. The molecule has 11 heteroatoms. The van der Waals surface area contributed by atoms with Gasteiger partial charge in [-0.2, -0.15) is 18.3 Å². The second-order valence-corrected chi connectivity index (χ2v) is 6.57. The molecule has 0 aliphatic carbocycles. The third kappa shape index (κ3) is 4.14. The van der Waals surface area contributed by atoms with E-state index in [1.807, 2.05) is 0 Å². The van der Waals surface area contributed by atoms with Crippen LogP contribution in [0.3, 0.4) is 0 Å². The molecule has 1 N–H and O–H groups in total. The molecule has 1 unspecified atom stereocenters. The summed E-state index contributed by atoms with van der Waals surface area (Å²) in [6.07, 6.45) is -6.23. The van der Waals surface area contributed by atoms with Crippen molar-refractivity contribution in [1.29, 1.82) is 0 Å². The zero-order valence-corrected chi connectivity index (χ0v) is 16.0. The summed E-state index contributed by atoms with van der Waals surface area (Å²) in [4.78, 5) is 0. The van der Waals surface area contributed by atoms with E-state index in [1.54, 1.807) is 0 Å². The van der Waals surface area contributed by atoms with Crippen molar-refractivity contribution in [3.63, 3.8) is 0 Å². The van der Waals surface area contributed by atoms with Crippen molar-refractivity contribution in [2.75, 3.05) is 7.11 Å². The van der Waals surface area contributed by atoms with E-state index in [1.165, 1.54) is 19.2 Å². The van der Waals surface area contributed by atoms with Crippen LogP contribution >= 0.6 is 11.6 Å². The first kappa shape index (κ1) is 19.9. The largest absolute Gasteiger partial charge is 0.433 e. The molecule has 0 saturated carbocycles. The van der Waals surface area contributed by atoms with Crippen LogP contribution in [0.2, 0.25) is 5.02 Å². The lowest BCUT2D eigenvalue weighted by Crippen LogP contribution is -2.20. The molecule has 0 fully saturated rings. The van der Waals surface area contributed by atoms with Gasteiger partial charge in [-0.25, -0.2) is 4.39 Å². The first-order valence-electron chi connectivity index (χ1n) is 8.71. The van der Waals surface area contributed by atoms with E-state index in [0.29, 0.717) is 4.68 Å². The molecule has 1 aromatic carbocycles. The Bertz CT molecular complexity index is 1040. The van der Waals surface area contributed by atoms with Gasteiger partial charge in [0.1, 0.15) is 11.5 Å². The molecule has 6 nitrogen and oxygen atoms in total. The van der Waals surface area contributed by atoms with Gasteiger partial charge in [0.2, 0.25) is 0 Å². The molecule has 0 aliphatic rings. The first-order chi connectivity index (χ1) is 13.9. The number of nitrogens with zero attached hydrogens (tertiary/aromatic N) is 3. The summed E-state index contributed by atoms with van der Waals surface area (Å²) < 4.78 is 73.9. The summed E-state index contributed by atoms with van der Waals surface area (Å²) in [5.74, 6) is -1.08. The lowest BCUT2D eigenvalue weighted by atomic mass is 10.0. The van der Waals surface area contributed by atoms with Gasteiger partial charge >= 0.3 is 6.18 Å². The van der Waals surface area contributed by atoms with E-state index in [9.17, 15) is 22.7 Å². The Labute approximate surface area is 169 Å². The molecular formula is C18H16ClF4N3O3. The van der Waals surface area contributed by atoms with Crippen LogP contribution in [0, 0.1) is 5.82 Å². The molecule has 29 heavy (non-hydrogen) atoms. The van der Waals surface area contributed by atoms with Crippen LogP contribution in [0.4, 0.5) is 17.6 Å². The second-order valence-electron chi connectivity index (χ2n) is 6.17. The molecule has 3 aromatic rings. The highest BCUT2D eigenvalue weighted by atomic mass is 35.5. The summed E-state index contributed by atoms with van der Waals surface area (Å²) in [5.41, 5.74) is -1.97. The Morgan fingerprint density at radius 1 is 1.41 bits per heavy atom. The average Bonchev–Trinajstić information content (AvgIpc) is 3.18. The van der Waals surface area contributed by atoms with Gasteiger partial charge in [0.25, 0.3) is 0 Å². The highest BCUT2D eigenvalue weighted by molar-refractivity contribution is 6.33. The van der Waals surface area contributed by atoms with Gasteiger partial charge in [0.05, 0.1) is 48.5 Å². The van der Waals surface area contributed by atoms with E-state index in [4.69, 9.17) is 22.2 Å². The Balaban J connectivity index is 2.24. The van der Waals surface area contributed by atoms with Crippen molar-refractivity contribution in [2.45, 2.75) is 32.3 Å². The minimum Gasteiger partial charge on any atom is -0.391 e. The fraction of sp³-hybridized carbons (Fsp3) is 0.333. The summed E-state index contributed by atoms with van der Waals surface area (Å²) in [6.45, 7) is 0.0245. The zero-order valence-electron chi connectivity index (χ0n) is 16.2. The number of aliphatic hydroxyl groups is 1. The third-order valence-electron chi connectivity index (χ3n) is 4.01. The quantitative estimate of drug-likeness (QED) is 0.576. The molecule has 0 aliphatic heterocycles. The summed E-state index contributed by atoms with van der Waals surface area (Å²) >= 11 is 6.06. The standard InChI is InChI=1S/C18H16ClF4N3O3/c1-9(27)7-26-17(18(21,22)23)10(6-24-26)16-11(8-28-2)15(25-29-16)14-12(19)4-3-5-13(14)20/h3-6,9,27H,7-8H2,1-2H3/i9D. The Hall–Kier alpha value is -2.43. The van der Waals surface area contributed by atoms with Crippen molar-refractivity contribution in [3.8, 4) is 22.6 Å². The van der Waals surface area contributed by atoms with Crippen molar-refractivity contribution < 1.29 is 33.3 Å². The number of halogens is 5. The van der Waals surface area contributed by atoms with Crippen LogP contribution in [0.15, 0.2) is 28.9 Å². The Morgan fingerprint density at radius 3 is 2.72 bits per heavy atom. The molecule has 0 bridgehead atoms. The molecule has 3 rings (SSSR count). The predicted octanol–water partition coefficient (Wildman–Crippen LogP) is 4.54. The predicted molar refractivity (Wildman–Crippen MR) is 95.5 cm³/mol. The summed E-state index contributed by atoms with van der Waals surface area (Å²) in [5, 5.41) is 17.0. The van der Waals surface area contributed by atoms with Gasteiger partial charge in [-0.15, -0.1) is 0 Å². The number of rotatable bonds is 6. The van der Waals surface area contributed by atoms with Crippen LogP contribution in [-0.4, -0.2) is 33.2 Å². The SMILES string of the molecule is [2H]C(C)(O)Cn1ncc(-c2onc(-c3c(F)cccc3Cl)c2COC)c1C(F)(F)F. The van der Waals surface area contributed by atoms with Gasteiger partial charge in [-0.1, -0.05) is 22.8 Å². The number of ether oxygens (including phenoxy) is 1. The molecule has 0 saturated heterocycles. The number of benzene rings is 1. The maximum Gasteiger partial charge on any atom is 0.433 e. The molecular weight excluding hydrogens is 418 g/mol. The van der Waals surface area contributed by atoms with Gasteiger partial charge in [0, 0.05) is 7.11 Å². The monoisotopic (exact) mass is 434 g/mol. The van der Waals surface area contributed by atoms with E-state index in [0.717, 1.165) is 19.2 Å². The van der Waals surface area contributed by atoms with E-state index in [2.05, 4.69) is 10.3 Å². The van der Waals surface area contributed by atoms with Crippen LogP contribution in [0.1, 0.15) is 19.6 Å². The zero-order chi connectivity index (χ0) is 22.3. The Kier molecular flexibility index (Phi) is 5.57. The smallest absolute Gasteiger partial charge is 0.391 e. The van der Waals surface area contributed by atoms with E-state index in [-0.39, 0.29) is 34.2 Å². The fourth-order valence-electron chi connectivity index (χ4n) is 2.91. The van der Waals surface area contributed by atoms with Crippen LogP contribution < -0.4 is 0 Å². The highest BCUT2D eigenvalue weighted by Gasteiger charge is 2.41. The lowest BCUT2D eigenvalue weighted by Gasteiger charge is -2.13. The number of hydrogen-bond donors (Lipinski definition) is 1. The molecule has 2 heterocycles.